The van der Waals surface area contributed by atoms with Crippen LogP contribution in [0.1, 0.15) is 6.92 Å². The Bertz CT molecular complexity index is 763. The molecule has 2 heterocycles. The van der Waals surface area contributed by atoms with E-state index in [9.17, 15) is 4.79 Å². The first kappa shape index (κ1) is 15.1. The molecule has 0 aliphatic carbocycles. The highest BCUT2D eigenvalue weighted by Gasteiger charge is 2.18. The Kier molecular flexibility index (Phi) is 4.44. The van der Waals surface area contributed by atoms with Crippen LogP contribution >= 0.6 is 23.1 Å². The number of fused-ring (bicyclic) bond motifs is 1. The minimum atomic E-state index is 0.0505. The lowest BCUT2D eigenvalue weighted by Gasteiger charge is -2.17. The molecule has 0 atom stereocenters. The molecule has 2 aromatic heterocycles. The summed E-state index contributed by atoms with van der Waals surface area (Å²) in [6.07, 6.45) is 3.61. The number of aromatic nitrogens is 3. The lowest BCUT2D eigenvalue weighted by atomic mass is 10.3. The van der Waals surface area contributed by atoms with Crippen molar-refractivity contribution in [2.45, 2.75) is 12.1 Å². The molecule has 1 aromatic carbocycles. The first-order chi connectivity index (χ1) is 10.7. The number of hydrogen-bond acceptors (Lipinski definition) is 5. The van der Waals surface area contributed by atoms with Crippen LogP contribution in [-0.2, 0) is 11.8 Å². The van der Waals surface area contributed by atoms with Crippen LogP contribution in [0.15, 0.2) is 41.8 Å². The van der Waals surface area contributed by atoms with Crippen molar-refractivity contribution in [1.82, 2.24) is 14.5 Å². The highest BCUT2D eigenvalue weighted by Crippen LogP contribution is 2.29. The van der Waals surface area contributed by atoms with Gasteiger partial charge in [0.2, 0.25) is 5.91 Å². The molecular formula is C15H16N4OS2. The van der Waals surface area contributed by atoms with Crippen LogP contribution in [0.4, 0.5) is 5.13 Å². The van der Waals surface area contributed by atoms with Crippen LogP contribution in [0.3, 0.4) is 0 Å². The van der Waals surface area contributed by atoms with E-state index in [0.29, 0.717) is 12.3 Å². The Morgan fingerprint density at radius 3 is 2.91 bits per heavy atom. The van der Waals surface area contributed by atoms with Crippen LogP contribution in [-0.4, -0.2) is 32.7 Å². The fourth-order valence-corrected chi connectivity index (χ4v) is 3.94. The number of aryl methyl sites for hydroxylation is 1. The predicted molar refractivity (Wildman–Crippen MR) is 91.6 cm³/mol. The second kappa shape index (κ2) is 6.50. The molecule has 0 spiro atoms. The number of benzene rings is 1. The molecule has 0 saturated heterocycles. The number of anilines is 1. The van der Waals surface area contributed by atoms with Gasteiger partial charge in [-0.25, -0.2) is 9.97 Å². The van der Waals surface area contributed by atoms with E-state index in [-0.39, 0.29) is 5.91 Å². The van der Waals surface area contributed by atoms with Crippen molar-refractivity contribution in [2.24, 2.45) is 7.05 Å². The molecule has 5 nitrogen and oxygen atoms in total. The zero-order valence-electron chi connectivity index (χ0n) is 12.4. The maximum atomic E-state index is 12.5. The molecule has 0 N–H and O–H groups in total. The second-order valence-electron chi connectivity index (χ2n) is 4.71. The molecule has 114 valence electrons. The monoisotopic (exact) mass is 332 g/mol. The Balaban J connectivity index is 1.75. The van der Waals surface area contributed by atoms with Crippen LogP contribution < -0.4 is 4.90 Å². The number of rotatable bonds is 5. The quantitative estimate of drug-likeness (QED) is 0.673. The zero-order chi connectivity index (χ0) is 15.5. The third-order valence-electron chi connectivity index (χ3n) is 3.23. The van der Waals surface area contributed by atoms with Crippen molar-refractivity contribution in [3.63, 3.8) is 0 Å². The SMILES string of the molecule is CCN(C(=O)CSc1nccn1C)c1nc2ccccc2s1. The maximum absolute atomic E-state index is 12.5. The van der Waals surface area contributed by atoms with Crippen molar-refractivity contribution in [3.05, 3.63) is 36.7 Å². The van der Waals surface area contributed by atoms with Gasteiger partial charge in [-0.15, -0.1) is 0 Å². The summed E-state index contributed by atoms with van der Waals surface area (Å²) in [6.45, 7) is 2.58. The van der Waals surface area contributed by atoms with Crippen LogP contribution in [0, 0.1) is 0 Å². The molecule has 0 aliphatic rings. The second-order valence-corrected chi connectivity index (χ2v) is 6.66. The van der Waals surface area contributed by atoms with E-state index in [2.05, 4.69) is 9.97 Å². The lowest BCUT2D eigenvalue weighted by Crippen LogP contribution is -2.32. The number of para-hydroxylation sites is 1. The van der Waals surface area contributed by atoms with Crippen LogP contribution in [0.25, 0.3) is 10.2 Å². The number of carbonyl (C=O) groups excluding carboxylic acids is 1. The van der Waals surface area contributed by atoms with E-state index in [1.807, 2.05) is 49.0 Å². The predicted octanol–water partition coefficient (Wildman–Crippen LogP) is 3.18. The van der Waals surface area contributed by atoms with Gasteiger partial charge >= 0.3 is 0 Å². The molecular weight excluding hydrogens is 316 g/mol. The number of hydrogen-bond donors (Lipinski definition) is 0. The zero-order valence-corrected chi connectivity index (χ0v) is 14.0. The normalized spacial score (nSPS) is 11.0. The van der Waals surface area contributed by atoms with Gasteiger partial charge in [0.05, 0.1) is 16.0 Å². The topological polar surface area (TPSA) is 51.0 Å². The maximum Gasteiger partial charge on any atom is 0.239 e. The molecule has 0 fully saturated rings. The van der Waals surface area contributed by atoms with Crippen molar-refractivity contribution in [2.75, 3.05) is 17.2 Å². The van der Waals surface area contributed by atoms with Gasteiger partial charge in [-0.3, -0.25) is 9.69 Å². The average Bonchev–Trinajstić information content (AvgIpc) is 3.11. The van der Waals surface area contributed by atoms with Gasteiger partial charge < -0.3 is 4.57 Å². The summed E-state index contributed by atoms with van der Waals surface area (Å²) in [5.41, 5.74) is 0.936. The Morgan fingerprint density at radius 1 is 1.41 bits per heavy atom. The number of amides is 1. The standard InChI is InChI=1S/C15H16N4OS2/c1-3-19(13(20)10-21-14-16-8-9-18(14)2)15-17-11-6-4-5-7-12(11)22-15/h4-9H,3,10H2,1-2H3. The van der Waals surface area contributed by atoms with E-state index >= 15 is 0 Å². The van der Waals surface area contributed by atoms with Gasteiger partial charge in [-0.1, -0.05) is 35.2 Å². The van der Waals surface area contributed by atoms with Gasteiger partial charge in [-0.05, 0) is 19.1 Å². The number of thiazole rings is 1. The molecule has 0 saturated carbocycles. The lowest BCUT2D eigenvalue weighted by molar-refractivity contribution is -0.116. The Labute approximate surface area is 137 Å². The fourth-order valence-electron chi connectivity index (χ4n) is 2.09. The molecule has 0 radical (unpaired) electrons. The number of carbonyl (C=O) groups is 1. The summed E-state index contributed by atoms with van der Waals surface area (Å²) in [5, 5.41) is 1.60. The van der Waals surface area contributed by atoms with Crippen molar-refractivity contribution in [1.29, 1.82) is 0 Å². The van der Waals surface area contributed by atoms with Crippen LogP contribution in [0.2, 0.25) is 0 Å². The van der Waals surface area contributed by atoms with E-state index < -0.39 is 0 Å². The fraction of sp³-hybridized carbons (Fsp3) is 0.267. The molecule has 0 aliphatic heterocycles. The summed E-state index contributed by atoms with van der Waals surface area (Å²) in [7, 11) is 1.92. The van der Waals surface area contributed by atoms with Crippen molar-refractivity contribution < 1.29 is 4.79 Å². The smallest absolute Gasteiger partial charge is 0.239 e. The molecule has 0 bridgehead atoms. The van der Waals surface area contributed by atoms with E-state index in [1.54, 1.807) is 22.4 Å². The summed E-state index contributed by atoms with van der Waals surface area (Å²) >= 11 is 2.99. The molecule has 3 rings (SSSR count). The van der Waals surface area contributed by atoms with Crippen LogP contribution in [0.5, 0.6) is 0 Å². The first-order valence-electron chi connectivity index (χ1n) is 6.95. The molecule has 7 heteroatoms. The van der Waals surface area contributed by atoms with Gasteiger partial charge in [0, 0.05) is 26.0 Å². The Morgan fingerprint density at radius 2 is 2.23 bits per heavy atom. The van der Waals surface area contributed by atoms with E-state index in [0.717, 1.165) is 20.5 Å². The van der Waals surface area contributed by atoms with Crippen molar-refractivity contribution >= 4 is 44.4 Å². The summed E-state index contributed by atoms with van der Waals surface area (Å²) in [4.78, 5) is 23.0. The summed E-state index contributed by atoms with van der Waals surface area (Å²) in [5.74, 6) is 0.406. The van der Waals surface area contributed by atoms with E-state index in [4.69, 9.17) is 0 Å². The summed E-state index contributed by atoms with van der Waals surface area (Å²) in [6, 6.07) is 7.94. The summed E-state index contributed by atoms with van der Waals surface area (Å²) < 4.78 is 3.01. The largest absolute Gasteiger partial charge is 0.329 e. The number of imidazole rings is 1. The highest BCUT2D eigenvalue weighted by atomic mass is 32.2. The van der Waals surface area contributed by atoms with Crippen molar-refractivity contribution in [3.8, 4) is 0 Å². The molecule has 3 aromatic rings. The number of nitrogens with zero attached hydrogens (tertiary/aromatic N) is 4. The van der Waals surface area contributed by atoms with E-state index in [1.165, 1.54) is 11.8 Å². The molecule has 0 unspecified atom stereocenters. The molecule has 1 amide bonds. The highest BCUT2D eigenvalue weighted by molar-refractivity contribution is 7.99. The average molecular weight is 332 g/mol. The minimum Gasteiger partial charge on any atom is -0.329 e. The number of thioether (sulfide) groups is 1. The van der Waals surface area contributed by atoms with Gasteiger partial charge in [0.25, 0.3) is 0 Å². The van der Waals surface area contributed by atoms with Gasteiger partial charge in [0.15, 0.2) is 10.3 Å². The Hall–Kier alpha value is -1.86. The first-order valence-corrected chi connectivity index (χ1v) is 8.75. The third kappa shape index (κ3) is 3.00. The van der Waals surface area contributed by atoms with Gasteiger partial charge in [-0.2, -0.15) is 0 Å². The minimum absolute atomic E-state index is 0.0505. The third-order valence-corrected chi connectivity index (χ3v) is 5.33. The molecule has 22 heavy (non-hydrogen) atoms. The van der Waals surface area contributed by atoms with Gasteiger partial charge in [0.1, 0.15) is 0 Å².